The van der Waals surface area contributed by atoms with Gasteiger partial charge in [0.2, 0.25) is 11.8 Å². The van der Waals surface area contributed by atoms with Gasteiger partial charge in [-0.1, -0.05) is 24.3 Å². The summed E-state index contributed by atoms with van der Waals surface area (Å²) in [6, 6.07) is 12.4. The summed E-state index contributed by atoms with van der Waals surface area (Å²) >= 11 is 0. The Kier molecular flexibility index (Phi) is 7.50. The standard InChI is InChI=1S/C24H29FN2O4/c1-30-19-8-7-18(20(25)15-19)16-24(13-10-23(29)27-24)12-9-22(28)26-14-11-17-5-3-4-6-21(17)31-2/h3-8,15H,9-14,16H2,1-2H3,(H,26,28)(H,27,29). The van der Waals surface area contributed by atoms with Gasteiger partial charge in [-0.25, -0.2) is 4.39 Å². The Morgan fingerprint density at radius 1 is 1.16 bits per heavy atom. The molecule has 1 aliphatic heterocycles. The minimum Gasteiger partial charge on any atom is -0.497 e. The molecule has 1 heterocycles. The van der Waals surface area contributed by atoms with Crippen molar-refractivity contribution in [1.29, 1.82) is 0 Å². The molecule has 1 aliphatic rings. The Morgan fingerprint density at radius 3 is 2.65 bits per heavy atom. The first kappa shape index (κ1) is 22.6. The highest BCUT2D eigenvalue weighted by molar-refractivity contribution is 5.80. The van der Waals surface area contributed by atoms with Gasteiger partial charge in [-0.2, -0.15) is 0 Å². The molecule has 0 bridgehead atoms. The first-order chi connectivity index (χ1) is 14.9. The average molecular weight is 429 g/mol. The Labute approximate surface area is 182 Å². The molecule has 2 N–H and O–H groups in total. The lowest BCUT2D eigenvalue weighted by atomic mass is 9.84. The zero-order valence-electron chi connectivity index (χ0n) is 18.0. The average Bonchev–Trinajstić information content (AvgIpc) is 3.14. The zero-order chi connectivity index (χ0) is 22.3. The molecule has 7 heteroatoms. The maximum absolute atomic E-state index is 14.5. The molecule has 0 aromatic heterocycles. The SMILES string of the molecule is COc1ccc(CC2(CCC(=O)NCCc3ccccc3OC)CCC(=O)N2)c(F)c1. The summed E-state index contributed by atoms with van der Waals surface area (Å²) in [6.45, 7) is 0.492. The number of carbonyl (C=O) groups excluding carboxylic acids is 2. The number of rotatable bonds is 10. The van der Waals surface area contributed by atoms with E-state index in [-0.39, 0.29) is 24.1 Å². The minimum atomic E-state index is -0.619. The molecule has 1 saturated heterocycles. The molecule has 2 aromatic rings. The summed E-state index contributed by atoms with van der Waals surface area (Å²) in [4.78, 5) is 24.4. The molecule has 6 nitrogen and oxygen atoms in total. The second kappa shape index (κ2) is 10.3. The van der Waals surface area contributed by atoms with Crippen molar-refractivity contribution in [3.8, 4) is 11.5 Å². The van der Waals surface area contributed by atoms with Crippen molar-refractivity contribution < 1.29 is 23.5 Å². The molecule has 2 aromatic carbocycles. The number of amides is 2. The van der Waals surface area contributed by atoms with Crippen LogP contribution >= 0.6 is 0 Å². The van der Waals surface area contributed by atoms with Crippen LogP contribution in [0.5, 0.6) is 11.5 Å². The first-order valence-electron chi connectivity index (χ1n) is 10.5. The number of nitrogens with one attached hydrogen (secondary N) is 2. The van der Waals surface area contributed by atoms with Crippen LogP contribution in [0.2, 0.25) is 0 Å². The summed E-state index contributed by atoms with van der Waals surface area (Å²) in [5, 5.41) is 5.92. The molecule has 2 amide bonds. The second-order valence-electron chi connectivity index (χ2n) is 7.87. The van der Waals surface area contributed by atoms with E-state index in [1.54, 1.807) is 19.2 Å². The highest BCUT2D eigenvalue weighted by Gasteiger charge is 2.38. The van der Waals surface area contributed by atoms with Crippen molar-refractivity contribution in [2.75, 3.05) is 20.8 Å². The molecule has 1 fully saturated rings. The normalized spacial score (nSPS) is 17.8. The molecule has 0 saturated carbocycles. The Hall–Kier alpha value is -3.09. The summed E-state index contributed by atoms with van der Waals surface area (Å²) in [6.07, 6.45) is 2.66. The van der Waals surface area contributed by atoms with Gasteiger partial charge < -0.3 is 20.1 Å². The Morgan fingerprint density at radius 2 is 1.97 bits per heavy atom. The molecule has 0 radical (unpaired) electrons. The monoisotopic (exact) mass is 428 g/mol. The summed E-state index contributed by atoms with van der Waals surface area (Å²) in [7, 11) is 3.11. The van der Waals surface area contributed by atoms with E-state index in [2.05, 4.69) is 10.6 Å². The van der Waals surface area contributed by atoms with Gasteiger partial charge in [0.05, 0.1) is 14.2 Å². The van der Waals surface area contributed by atoms with E-state index in [4.69, 9.17) is 9.47 Å². The van der Waals surface area contributed by atoms with Crippen LogP contribution in [0, 0.1) is 5.82 Å². The van der Waals surface area contributed by atoms with Gasteiger partial charge in [0.1, 0.15) is 17.3 Å². The predicted molar refractivity (Wildman–Crippen MR) is 116 cm³/mol. The molecule has 166 valence electrons. The molecule has 31 heavy (non-hydrogen) atoms. The lowest BCUT2D eigenvalue weighted by Gasteiger charge is -2.29. The maximum atomic E-state index is 14.5. The number of halogens is 1. The molecular weight excluding hydrogens is 399 g/mol. The number of hydrogen-bond donors (Lipinski definition) is 2. The quantitative estimate of drug-likeness (QED) is 0.610. The number of benzene rings is 2. The number of para-hydroxylation sites is 1. The third kappa shape index (κ3) is 5.96. The van der Waals surface area contributed by atoms with E-state index >= 15 is 0 Å². The second-order valence-corrected chi connectivity index (χ2v) is 7.87. The van der Waals surface area contributed by atoms with E-state index in [9.17, 15) is 14.0 Å². The number of methoxy groups -OCH3 is 2. The van der Waals surface area contributed by atoms with Crippen molar-refractivity contribution in [1.82, 2.24) is 10.6 Å². The van der Waals surface area contributed by atoms with Crippen LogP contribution in [-0.4, -0.2) is 38.1 Å². The number of ether oxygens (including phenoxy) is 2. The fraction of sp³-hybridized carbons (Fsp3) is 0.417. The van der Waals surface area contributed by atoms with Gasteiger partial charge in [0.15, 0.2) is 0 Å². The summed E-state index contributed by atoms with van der Waals surface area (Å²) in [5.74, 6) is 0.711. The van der Waals surface area contributed by atoms with Crippen LogP contribution < -0.4 is 20.1 Å². The molecule has 0 aliphatic carbocycles. The summed E-state index contributed by atoms with van der Waals surface area (Å²) < 4.78 is 24.8. The largest absolute Gasteiger partial charge is 0.497 e. The highest BCUT2D eigenvalue weighted by Crippen LogP contribution is 2.31. The number of carbonyl (C=O) groups is 2. The van der Waals surface area contributed by atoms with Crippen molar-refractivity contribution in [3.05, 3.63) is 59.4 Å². The highest BCUT2D eigenvalue weighted by atomic mass is 19.1. The molecule has 3 rings (SSSR count). The van der Waals surface area contributed by atoms with Crippen LogP contribution in [-0.2, 0) is 22.4 Å². The topological polar surface area (TPSA) is 76.7 Å². The fourth-order valence-electron chi connectivity index (χ4n) is 4.03. The van der Waals surface area contributed by atoms with E-state index in [0.717, 1.165) is 11.3 Å². The van der Waals surface area contributed by atoms with Crippen LogP contribution in [0.1, 0.15) is 36.8 Å². The minimum absolute atomic E-state index is 0.0644. The Bertz CT molecular complexity index is 934. The van der Waals surface area contributed by atoms with Gasteiger partial charge in [-0.05, 0) is 48.9 Å². The number of hydrogen-bond acceptors (Lipinski definition) is 4. The predicted octanol–water partition coefficient (Wildman–Crippen LogP) is 3.17. The molecule has 0 spiro atoms. The van der Waals surface area contributed by atoms with Crippen molar-refractivity contribution >= 4 is 11.8 Å². The zero-order valence-corrected chi connectivity index (χ0v) is 18.0. The van der Waals surface area contributed by atoms with Gasteiger partial charge in [-0.15, -0.1) is 0 Å². The third-order valence-corrected chi connectivity index (χ3v) is 5.76. The fourth-order valence-corrected chi connectivity index (χ4v) is 4.03. The van der Waals surface area contributed by atoms with E-state index in [1.165, 1.54) is 13.2 Å². The van der Waals surface area contributed by atoms with E-state index in [1.807, 2.05) is 24.3 Å². The van der Waals surface area contributed by atoms with Crippen LogP contribution in [0.4, 0.5) is 4.39 Å². The van der Waals surface area contributed by atoms with Crippen molar-refractivity contribution in [3.63, 3.8) is 0 Å². The molecule has 1 atom stereocenters. The van der Waals surface area contributed by atoms with Crippen molar-refractivity contribution in [2.45, 2.75) is 44.1 Å². The third-order valence-electron chi connectivity index (χ3n) is 5.76. The van der Waals surface area contributed by atoms with Crippen LogP contribution in [0.15, 0.2) is 42.5 Å². The van der Waals surface area contributed by atoms with Crippen LogP contribution in [0.3, 0.4) is 0 Å². The smallest absolute Gasteiger partial charge is 0.220 e. The van der Waals surface area contributed by atoms with Gasteiger partial charge in [-0.3, -0.25) is 9.59 Å². The molecular formula is C24H29FN2O4. The summed E-state index contributed by atoms with van der Waals surface area (Å²) in [5.41, 5.74) is 0.909. The van der Waals surface area contributed by atoms with E-state index in [0.29, 0.717) is 50.0 Å². The van der Waals surface area contributed by atoms with Crippen molar-refractivity contribution in [2.24, 2.45) is 0 Å². The first-order valence-corrected chi connectivity index (χ1v) is 10.5. The van der Waals surface area contributed by atoms with Gasteiger partial charge in [0.25, 0.3) is 0 Å². The van der Waals surface area contributed by atoms with Gasteiger partial charge in [0, 0.05) is 31.0 Å². The lowest BCUT2D eigenvalue weighted by molar-refractivity contribution is -0.122. The lowest BCUT2D eigenvalue weighted by Crippen LogP contribution is -2.44. The molecule has 1 unspecified atom stereocenters. The Balaban J connectivity index is 1.56. The maximum Gasteiger partial charge on any atom is 0.220 e. The van der Waals surface area contributed by atoms with E-state index < -0.39 is 5.54 Å². The van der Waals surface area contributed by atoms with Gasteiger partial charge >= 0.3 is 0 Å². The van der Waals surface area contributed by atoms with Crippen LogP contribution in [0.25, 0.3) is 0 Å².